The number of hydrogen-bond acceptors (Lipinski definition) is 2. The summed E-state index contributed by atoms with van der Waals surface area (Å²) in [6.07, 6.45) is 2.45. The number of rotatable bonds is 1. The Morgan fingerprint density at radius 2 is 2.00 bits per heavy atom. The molecule has 4 nitrogen and oxygen atoms in total. The number of carbonyl (C=O) groups excluding carboxylic acids is 1. The van der Waals surface area contributed by atoms with Crippen LogP contribution in [0.1, 0.15) is 17.5 Å². The lowest BCUT2D eigenvalue weighted by Gasteiger charge is -2.18. The van der Waals surface area contributed by atoms with Gasteiger partial charge in [-0.3, -0.25) is 0 Å². The van der Waals surface area contributed by atoms with Crippen LogP contribution in [0.2, 0.25) is 0 Å². The Morgan fingerprint density at radius 3 is 2.76 bits per heavy atom. The number of nitrogens with one attached hydrogen (secondary N) is 1. The summed E-state index contributed by atoms with van der Waals surface area (Å²) >= 11 is 0. The van der Waals surface area contributed by atoms with Gasteiger partial charge in [-0.25, -0.2) is 4.79 Å². The number of amides is 2. The molecule has 1 saturated heterocycles. The number of nitrogens with zero attached hydrogens (tertiary/aromatic N) is 1. The van der Waals surface area contributed by atoms with Gasteiger partial charge in [0.05, 0.1) is 11.8 Å². The Hall–Kier alpha value is -2.07. The number of aryl methyl sites for hydroxylation is 2. The second-order valence-electron chi connectivity index (χ2n) is 5.93. The van der Waals surface area contributed by atoms with Crippen LogP contribution in [0.15, 0.2) is 30.3 Å². The van der Waals surface area contributed by atoms with Crippen LogP contribution in [-0.2, 0) is 12.8 Å². The van der Waals surface area contributed by atoms with Crippen molar-refractivity contribution >= 4 is 22.5 Å². The highest BCUT2D eigenvalue weighted by molar-refractivity contribution is 6.04. The number of hydrogen-bond donors (Lipinski definition) is 2. The van der Waals surface area contributed by atoms with Gasteiger partial charge < -0.3 is 15.3 Å². The molecule has 1 aliphatic carbocycles. The smallest absolute Gasteiger partial charge is 0.321 e. The van der Waals surface area contributed by atoms with E-state index in [1.165, 1.54) is 16.5 Å². The summed E-state index contributed by atoms with van der Waals surface area (Å²) in [6.45, 7) is 1.04. The van der Waals surface area contributed by atoms with E-state index in [1.54, 1.807) is 4.90 Å². The highest BCUT2D eigenvalue weighted by atomic mass is 16.3. The summed E-state index contributed by atoms with van der Waals surface area (Å²) in [4.78, 5) is 14.0. The highest BCUT2D eigenvalue weighted by Gasteiger charge is 2.25. The van der Waals surface area contributed by atoms with Crippen LogP contribution >= 0.6 is 0 Å². The third kappa shape index (κ3) is 2.07. The molecule has 0 spiro atoms. The molecule has 2 aromatic carbocycles. The van der Waals surface area contributed by atoms with Crippen molar-refractivity contribution in [3.8, 4) is 0 Å². The van der Waals surface area contributed by atoms with Crippen LogP contribution < -0.4 is 5.32 Å². The van der Waals surface area contributed by atoms with Gasteiger partial charge in [0, 0.05) is 18.5 Å². The minimum absolute atomic E-state index is 0.120. The molecule has 0 aromatic heterocycles. The van der Waals surface area contributed by atoms with Crippen LogP contribution in [-0.4, -0.2) is 35.2 Å². The molecule has 0 saturated carbocycles. The molecule has 2 amide bonds. The molecule has 2 aromatic rings. The van der Waals surface area contributed by atoms with Crippen molar-refractivity contribution in [2.75, 3.05) is 18.4 Å². The maximum atomic E-state index is 12.3. The van der Waals surface area contributed by atoms with Crippen LogP contribution in [0, 0.1) is 0 Å². The number of benzene rings is 2. The molecule has 1 aliphatic heterocycles. The lowest BCUT2D eigenvalue weighted by Crippen LogP contribution is -2.33. The van der Waals surface area contributed by atoms with Gasteiger partial charge in [0.25, 0.3) is 0 Å². The molecule has 1 heterocycles. The van der Waals surface area contributed by atoms with E-state index >= 15 is 0 Å². The van der Waals surface area contributed by atoms with Crippen LogP contribution in [0.5, 0.6) is 0 Å². The quantitative estimate of drug-likeness (QED) is 0.844. The van der Waals surface area contributed by atoms with Gasteiger partial charge in [0.1, 0.15) is 0 Å². The third-order valence-electron chi connectivity index (χ3n) is 4.57. The monoisotopic (exact) mass is 282 g/mol. The van der Waals surface area contributed by atoms with E-state index in [-0.39, 0.29) is 12.1 Å². The average Bonchev–Trinajstić information content (AvgIpc) is 3.10. The molecule has 2 aliphatic rings. The summed E-state index contributed by atoms with van der Waals surface area (Å²) in [5.74, 6) is 0. The molecule has 0 radical (unpaired) electrons. The van der Waals surface area contributed by atoms with E-state index in [9.17, 15) is 9.90 Å². The molecule has 4 rings (SSSR count). The predicted octanol–water partition coefficient (Wildman–Crippen LogP) is 2.54. The normalized spacial score (nSPS) is 20.2. The Balaban J connectivity index is 1.67. The summed E-state index contributed by atoms with van der Waals surface area (Å²) in [5, 5.41) is 15.0. The van der Waals surface area contributed by atoms with Crippen LogP contribution in [0.3, 0.4) is 0 Å². The second-order valence-corrected chi connectivity index (χ2v) is 5.93. The molecule has 4 heteroatoms. The predicted molar refractivity (Wildman–Crippen MR) is 82.6 cm³/mol. The van der Waals surface area contributed by atoms with E-state index in [2.05, 4.69) is 29.6 Å². The Morgan fingerprint density at radius 1 is 1.19 bits per heavy atom. The fraction of sp³-hybridized carbons (Fsp3) is 0.353. The summed E-state index contributed by atoms with van der Waals surface area (Å²) in [7, 11) is 0. The maximum absolute atomic E-state index is 12.3. The Labute approximate surface area is 123 Å². The first-order valence-electron chi connectivity index (χ1n) is 7.50. The van der Waals surface area contributed by atoms with Gasteiger partial charge in [-0.1, -0.05) is 24.3 Å². The fourth-order valence-corrected chi connectivity index (χ4v) is 3.48. The molecular weight excluding hydrogens is 264 g/mol. The molecule has 1 fully saturated rings. The largest absolute Gasteiger partial charge is 0.391 e. The van der Waals surface area contributed by atoms with Gasteiger partial charge in [0.15, 0.2) is 0 Å². The van der Waals surface area contributed by atoms with Gasteiger partial charge >= 0.3 is 6.03 Å². The molecule has 2 N–H and O–H groups in total. The number of anilines is 1. The fourth-order valence-electron chi connectivity index (χ4n) is 3.48. The van der Waals surface area contributed by atoms with Gasteiger partial charge in [-0.2, -0.15) is 0 Å². The van der Waals surface area contributed by atoms with Gasteiger partial charge in [-0.05, 0) is 41.8 Å². The van der Waals surface area contributed by atoms with Crippen molar-refractivity contribution in [1.29, 1.82) is 0 Å². The average molecular weight is 282 g/mol. The van der Waals surface area contributed by atoms with Crippen molar-refractivity contribution in [3.63, 3.8) is 0 Å². The summed E-state index contributed by atoms with van der Waals surface area (Å²) in [5.41, 5.74) is 3.61. The van der Waals surface area contributed by atoms with Crippen molar-refractivity contribution in [2.24, 2.45) is 0 Å². The number of aliphatic hydroxyl groups excluding tert-OH is 1. The molecule has 108 valence electrons. The van der Waals surface area contributed by atoms with E-state index in [0.717, 1.165) is 23.9 Å². The first-order chi connectivity index (χ1) is 10.2. The number of β-amino-alcohol motifs (C(OH)–C–C–N with tert-alkyl or cyclic N) is 1. The zero-order valence-corrected chi connectivity index (χ0v) is 11.8. The molecule has 21 heavy (non-hydrogen) atoms. The minimum Gasteiger partial charge on any atom is -0.391 e. The number of aliphatic hydroxyl groups is 1. The highest BCUT2D eigenvalue weighted by Crippen LogP contribution is 2.35. The number of urea groups is 1. The van der Waals surface area contributed by atoms with Crippen LogP contribution in [0.25, 0.3) is 10.8 Å². The minimum atomic E-state index is -0.386. The Bertz CT molecular complexity index is 716. The first kappa shape index (κ1) is 12.7. The van der Waals surface area contributed by atoms with E-state index in [0.29, 0.717) is 19.5 Å². The number of likely N-dealkylation sites (tertiary alicyclic amines) is 1. The third-order valence-corrected chi connectivity index (χ3v) is 4.57. The molecule has 1 unspecified atom stereocenters. The van der Waals surface area contributed by atoms with Gasteiger partial charge in [0.2, 0.25) is 0 Å². The van der Waals surface area contributed by atoms with E-state index in [1.807, 2.05) is 6.07 Å². The van der Waals surface area contributed by atoms with Crippen molar-refractivity contribution in [2.45, 2.75) is 25.4 Å². The second kappa shape index (κ2) is 4.74. The number of carbonyl (C=O) groups is 1. The molecule has 1 atom stereocenters. The van der Waals surface area contributed by atoms with Gasteiger partial charge in [-0.15, -0.1) is 0 Å². The van der Waals surface area contributed by atoms with Crippen molar-refractivity contribution < 1.29 is 9.90 Å². The summed E-state index contributed by atoms with van der Waals surface area (Å²) < 4.78 is 0. The topological polar surface area (TPSA) is 52.6 Å². The Kier molecular flexibility index (Phi) is 2.86. The van der Waals surface area contributed by atoms with E-state index < -0.39 is 0 Å². The standard InChI is InChI=1S/C17H18N2O2/c20-13-8-9-19(10-13)17(21)18-15-7-6-12-5-4-11-2-1-3-14(15)16(11)12/h1-3,6-7,13,20H,4-5,8-10H2,(H,18,21). The molecular formula is C17H18N2O2. The summed E-state index contributed by atoms with van der Waals surface area (Å²) in [6, 6.07) is 10.3. The SMILES string of the molecule is O=C(Nc1ccc2c3c(cccc13)CC2)N1CCC(O)C1. The maximum Gasteiger partial charge on any atom is 0.321 e. The van der Waals surface area contributed by atoms with Crippen molar-refractivity contribution in [3.05, 3.63) is 41.5 Å². The molecule has 0 bridgehead atoms. The lowest BCUT2D eigenvalue weighted by molar-refractivity contribution is 0.176. The first-order valence-corrected chi connectivity index (χ1v) is 7.50. The van der Waals surface area contributed by atoms with E-state index in [4.69, 9.17) is 0 Å². The van der Waals surface area contributed by atoms with Crippen molar-refractivity contribution in [1.82, 2.24) is 4.90 Å². The lowest BCUT2D eigenvalue weighted by atomic mass is 10.0. The zero-order chi connectivity index (χ0) is 14.4. The van der Waals surface area contributed by atoms with Crippen LogP contribution in [0.4, 0.5) is 10.5 Å². The zero-order valence-electron chi connectivity index (χ0n) is 11.8.